The summed E-state index contributed by atoms with van der Waals surface area (Å²) in [6.45, 7) is 6.33. The topological polar surface area (TPSA) is 72.7 Å². The number of hydrogen-bond acceptors (Lipinski definition) is 4. The molecule has 0 aliphatic heterocycles. The van der Waals surface area contributed by atoms with Gasteiger partial charge >= 0.3 is 0 Å². The van der Waals surface area contributed by atoms with E-state index < -0.39 is 0 Å². The van der Waals surface area contributed by atoms with E-state index in [0.717, 1.165) is 11.3 Å². The van der Waals surface area contributed by atoms with Crippen LogP contribution >= 0.6 is 0 Å². The third kappa shape index (κ3) is 3.37. The molecule has 6 nitrogen and oxygen atoms in total. The molecule has 2 rings (SSSR count). The molecule has 6 heteroatoms. The summed E-state index contributed by atoms with van der Waals surface area (Å²) in [4.78, 5) is 11.8. The summed E-state index contributed by atoms with van der Waals surface area (Å²) in [5.74, 6) is 0.676. The maximum Gasteiger partial charge on any atom is 0.247 e. The van der Waals surface area contributed by atoms with E-state index in [1.165, 1.54) is 0 Å². The number of hydrogen-bond donors (Lipinski definition) is 1. The van der Waals surface area contributed by atoms with Gasteiger partial charge in [0.25, 0.3) is 0 Å². The van der Waals surface area contributed by atoms with Crippen LogP contribution in [0.15, 0.2) is 24.5 Å². The van der Waals surface area contributed by atoms with Crippen molar-refractivity contribution in [2.75, 3.05) is 5.32 Å². The number of carbonyl (C=O) groups is 1. The van der Waals surface area contributed by atoms with E-state index in [4.69, 9.17) is 0 Å². The van der Waals surface area contributed by atoms with Crippen molar-refractivity contribution in [2.24, 2.45) is 0 Å². The summed E-state index contributed by atoms with van der Waals surface area (Å²) in [6.07, 6.45) is 3.47. The van der Waals surface area contributed by atoms with Crippen LogP contribution in [0.25, 0.3) is 0 Å². The zero-order chi connectivity index (χ0) is 13.8. The molecule has 0 radical (unpaired) electrons. The Hall–Kier alpha value is -2.24. The maximum absolute atomic E-state index is 11.8. The Morgan fingerprint density at radius 2 is 2.26 bits per heavy atom. The van der Waals surface area contributed by atoms with Crippen molar-refractivity contribution in [1.29, 1.82) is 0 Å². The summed E-state index contributed by atoms with van der Waals surface area (Å²) in [7, 11) is 0. The van der Waals surface area contributed by atoms with Gasteiger partial charge in [0.1, 0.15) is 6.54 Å². The third-order valence-corrected chi connectivity index (χ3v) is 2.75. The van der Waals surface area contributed by atoms with Crippen LogP contribution in [0.4, 0.5) is 5.82 Å². The van der Waals surface area contributed by atoms with Crippen LogP contribution in [-0.4, -0.2) is 25.9 Å². The molecule has 0 aliphatic rings. The lowest BCUT2D eigenvalue weighted by molar-refractivity contribution is -0.116. The average molecular weight is 259 g/mol. The van der Waals surface area contributed by atoms with Crippen LogP contribution in [-0.2, 0) is 11.3 Å². The second-order valence-corrected chi connectivity index (χ2v) is 4.68. The normalized spacial score (nSPS) is 10.7. The molecule has 100 valence electrons. The maximum atomic E-state index is 11.8. The lowest BCUT2D eigenvalue weighted by Gasteiger charge is -2.03. The Kier molecular flexibility index (Phi) is 3.89. The van der Waals surface area contributed by atoms with Crippen LogP contribution in [0.5, 0.6) is 0 Å². The van der Waals surface area contributed by atoms with E-state index in [-0.39, 0.29) is 12.5 Å². The molecule has 0 bridgehead atoms. The van der Waals surface area contributed by atoms with Crippen molar-refractivity contribution < 1.29 is 4.79 Å². The predicted molar refractivity (Wildman–Crippen MR) is 71.7 cm³/mol. The molecule has 0 saturated heterocycles. The molecule has 2 heterocycles. The fourth-order valence-electron chi connectivity index (χ4n) is 1.88. The number of amides is 1. The number of nitrogens with zero attached hydrogens (tertiary/aromatic N) is 4. The fourth-order valence-corrected chi connectivity index (χ4v) is 1.88. The first-order chi connectivity index (χ1) is 9.06. The van der Waals surface area contributed by atoms with E-state index in [1.807, 2.05) is 13.1 Å². The van der Waals surface area contributed by atoms with Crippen molar-refractivity contribution in [3.05, 3.63) is 35.8 Å². The number of nitrogens with one attached hydrogen (secondary N) is 1. The van der Waals surface area contributed by atoms with Crippen molar-refractivity contribution in [2.45, 2.75) is 33.2 Å². The lowest BCUT2D eigenvalue weighted by Crippen LogP contribution is -2.19. The van der Waals surface area contributed by atoms with Gasteiger partial charge in [-0.3, -0.25) is 9.48 Å². The van der Waals surface area contributed by atoms with E-state index in [1.54, 1.807) is 23.0 Å². The molecule has 0 spiro atoms. The lowest BCUT2D eigenvalue weighted by atomic mass is 10.1. The van der Waals surface area contributed by atoms with E-state index in [0.29, 0.717) is 11.7 Å². The van der Waals surface area contributed by atoms with Crippen LogP contribution in [0.2, 0.25) is 0 Å². The highest BCUT2D eigenvalue weighted by Gasteiger charge is 2.11. The quantitative estimate of drug-likeness (QED) is 0.907. The van der Waals surface area contributed by atoms with Gasteiger partial charge in [-0.15, -0.1) is 5.10 Å². The van der Waals surface area contributed by atoms with Gasteiger partial charge < -0.3 is 5.32 Å². The first-order valence-corrected chi connectivity index (χ1v) is 6.17. The summed E-state index contributed by atoms with van der Waals surface area (Å²) >= 11 is 0. The van der Waals surface area contributed by atoms with Gasteiger partial charge in [-0.1, -0.05) is 13.8 Å². The van der Waals surface area contributed by atoms with Gasteiger partial charge in [0.2, 0.25) is 5.91 Å². The van der Waals surface area contributed by atoms with E-state index in [9.17, 15) is 4.79 Å². The molecule has 0 atom stereocenters. The third-order valence-electron chi connectivity index (χ3n) is 2.75. The fraction of sp³-hybridized carbons (Fsp3) is 0.385. The Morgan fingerprint density at radius 3 is 2.84 bits per heavy atom. The smallest absolute Gasteiger partial charge is 0.247 e. The standard InChI is InChI=1S/C13H17N5O/c1-9(2)11-7-18(17-10(11)3)8-13(19)15-12-5-4-6-14-16-12/h4-7,9H,8H2,1-3H3,(H,15,16,19). The zero-order valence-corrected chi connectivity index (χ0v) is 11.3. The van der Waals surface area contributed by atoms with Crippen molar-refractivity contribution in [3.63, 3.8) is 0 Å². The number of carbonyl (C=O) groups excluding carboxylic acids is 1. The number of anilines is 1. The Labute approximate surface area is 111 Å². The first kappa shape index (κ1) is 13.2. The summed E-state index contributed by atoms with van der Waals surface area (Å²) < 4.78 is 1.65. The predicted octanol–water partition coefficient (Wildman–Crippen LogP) is 1.74. The van der Waals surface area contributed by atoms with E-state index >= 15 is 0 Å². The van der Waals surface area contributed by atoms with Crippen LogP contribution < -0.4 is 5.32 Å². The number of rotatable bonds is 4. The molecule has 0 saturated carbocycles. The van der Waals surface area contributed by atoms with Gasteiger partial charge in [-0.2, -0.15) is 10.2 Å². The Balaban J connectivity index is 2.01. The minimum atomic E-state index is -0.168. The van der Waals surface area contributed by atoms with E-state index in [2.05, 4.69) is 34.5 Å². The largest absolute Gasteiger partial charge is 0.308 e. The number of aromatic nitrogens is 4. The molecule has 1 N–H and O–H groups in total. The highest BCUT2D eigenvalue weighted by molar-refractivity contribution is 5.89. The van der Waals surface area contributed by atoms with Gasteiger partial charge in [0.05, 0.1) is 5.69 Å². The Morgan fingerprint density at radius 1 is 1.47 bits per heavy atom. The van der Waals surface area contributed by atoms with Crippen LogP contribution in [0, 0.1) is 6.92 Å². The summed E-state index contributed by atoms with van der Waals surface area (Å²) in [5, 5.41) is 14.5. The zero-order valence-electron chi connectivity index (χ0n) is 11.3. The molecule has 2 aromatic heterocycles. The molecule has 19 heavy (non-hydrogen) atoms. The second-order valence-electron chi connectivity index (χ2n) is 4.68. The average Bonchev–Trinajstić information content (AvgIpc) is 2.71. The second kappa shape index (κ2) is 5.60. The van der Waals surface area contributed by atoms with Gasteiger partial charge in [-0.25, -0.2) is 0 Å². The molecule has 0 fully saturated rings. The SMILES string of the molecule is Cc1nn(CC(=O)Nc2cccnn2)cc1C(C)C. The summed E-state index contributed by atoms with van der Waals surface area (Å²) in [6, 6.07) is 3.41. The van der Waals surface area contributed by atoms with Gasteiger partial charge in [0, 0.05) is 12.4 Å². The Bertz CT molecular complexity index is 562. The molecule has 1 amide bonds. The molecule has 2 aromatic rings. The molecular weight excluding hydrogens is 242 g/mol. The monoisotopic (exact) mass is 259 g/mol. The van der Waals surface area contributed by atoms with Gasteiger partial charge in [0.15, 0.2) is 5.82 Å². The van der Waals surface area contributed by atoms with Gasteiger partial charge in [-0.05, 0) is 30.5 Å². The molecule has 0 aromatic carbocycles. The minimum absolute atomic E-state index is 0.168. The molecule has 0 aliphatic carbocycles. The van der Waals surface area contributed by atoms with Crippen molar-refractivity contribution in [3.8, 4) is 0 Å². The first-order valence-electron chi connectivity index (χ1n) is 6.17. The number of aryl methyl sites for hydroxylation is 1. The summed E-state index contributed by atoms with van der Waals surface area (Å²) in [5.41, 5.74) is 2.12. The molecular formula is C13H17N5O. The molecule has 0 unspecified atom stereocenters. The highest BCUT2D eigenvalue weighted by Crippen LogP contribution is 2.17. The minimum Gasteiger partial charge on any atom is -0.308 e. The van der Waals surface area contributed by atoms with Crippen molar-refractivity contribution in [1.82, 2.24) is 20.0 Å². The highest BCUT2D eigenvalue weighted by atomic mass is 16.2. The van der Waals surface area contributed by atoms with Crippen LogP contribution in [0.1, 0.15) is 31.0 Å². The van der Waals surface area contributed by atoms with Crippen molar-refractivity contribution >= 4 is 11.7 Å². The van der Waals surface area contributed by atoms with Crippen LogP contribution in [0.3, 0.4) is 0 Å².